The predicted molar refractivity (Wildman–Crippen MR) is 78.2 cm³/mol. The molecule has 12 nitrogen and oxygen atoms in total. The van der Waals surface area contributed by atoms with E-state index in [-0.39, 0.29) is 11.6 Å². The van der Waals surface area contributed by atoms with Gasteiger partial charge in [-0.25, -0.2) is 19.2 Å². The van der Waals surface area contributed by atoms with Gasteiger partial charge in [-0.1, -0.05) is 0 Å². The highest BCUT2D eigenvalue weighted by Gasteiger charge is 2.13. The fraction of sp³-hybridized carbons (Fsp3) is 0.167. The number of hydrogen-bond donors (Lipinski definition) is 2. The van der Waals surface area contributed by atoms with Crippen molar-refractivity contribution in [1.82, 2.24) is 19.4 Å². The number of anilines is 2. The molecule has 4 N–H and O–H groups in total. The standard InChI is InChI=1S/C12H12N6O6/c13-7-3-5-17(11(21)15-7)23-9(19)1-2-10(20)24-18-6-4-8(14)16-12(18)22/h3-6H,1-2H2,(H2,13,15,21)(H2,14,16,22). The molecule has 126 valence electrons. The average Bonchev–Trinajstić information content (AvgIpc) is 2.51. The van der Waals surface area contributed by atoms with Gasteiger partial charge in [0.2, 0.25) is 0 Å². The lowest BCUT2D eigenvalue weighted by Crippen LogP contribution is -2.34. The van der Waals surface area contributed by atoms with Crippen molar-refractivity contribution in [2.45, 2.75) is 12.8 Å². The van der Waals surface area contributed by atoms with Crippen molar-refractivity contribution < 1.29 is 19.3 Å². The maximum absolute atomic E-state index is 11.6. The van der Waals surface area contributed by atoms with Gasteiger partial charge in [-0.2, -0.15) is 9.97 Å². The summed E-state index contributed by atoms with van der Waals surface area (Å²) >= 11 is 0. The summed E-state index contributed by atoms with van der Waals surface area (Å²) < 4.78 is 1.14. The summed E-state index contributed by atoms with van der Waals surface area (Å²) in [6.45, 7) is 0. The Kier molecular flexibility index (Phi) is 4.89. The lowest BCUT2D eigenvalue weighted by Gasteiger charge is -2.06. The fourth-order valence-corrected chi connectivity index (χ4v) is 1.46. The summed E-state index contributed by atoms with van der Waals surface area (Å²) in [6.07, 6.45) is 1.43. The van der Waals surface area contributed by atoms with Gasteiger partial charge in [-0.3, -0.25) is 0 Å². The van der Waals surface area contributed by atoms with Crippen molar-refractivity contribution in [2.24, 2.45) is 0 Å². The molecule has 0 amide bonds. The highest BCUT2D eigenvalue weighted by Crippen LogP contribution is 1.94. The van der Waals surface area contributed by atoms with Gasteiger partial charge < -0.3 is 21.1 Å². The highest BCUT2D eigenvalue weighted by atomic mass is 16.7. The zero-order valence-electron chi connectivity index (χ0n) is 12.1. The van der Waals surface area contributed by atoms with E-state index in [1.807, 2.05) is 0 Å². The average molecular weight is 336 g/mol. The first kappa shape index (κ1) is 16.7. The fourth-order valence-electron chi connectivity index (χ4n) is 1.46. The second-order valence-corrected chi connectivity index (χ2v) is 4.35. The van der Waals surface area contributed by atoms with E-state index < -0.39 is 36.2 Å². The minimum Gasteiger partial charge on any atom is -0.383 e. The van der Waals surface area contributed by atoms with E-state index in [2.05, 4.69) is 19.6 Å². The van der Waals surface area contributed by atoms with Gasteiger partial charge in [0, 0.05) is 12.1 Å². The molecule has 0 atom stereocenters. The minimum absolute atomic E-state index is 0.0292. The topological polar surface area (TPSA) is 174 Å². The molecule has 0 aliphatic rings. The number of hydrogen-bond acceptors (Lipinski definition) is 10. The van der Waals surface area contributed by atoms with Gasteiger partial charge in [0.25, 0.3) is 0 Å². The third-order valence-electron chi connectivity index (χ3n) is 2.52. The molecule has 0 fully saturated rings. The molecule has 0 radical (unpaired) electrons. The van der Waals surface area contributed by atoms with Crippen LogP contribution < -0.4 is 32.5 Å². The minimum atomic E-state index is -0.886. The molecule has 0 aliphatic heterocycles. The Hall–Kier alpha value is -3.70. The quantitative estimate of drug-likeness (QED) is 0.587. The van der Waals surface area contributed by atoms with Crippen LogP contribution in [0.1, 0.15) is 12.8 Å². The number of aromatic nitrogens is 4. The Labute approximate surface area is 133 Å². The summed E-state index contributed by atoms with van der Waals surface area (Å²) in [5.41, 5.74) is 8.80. The first-order valence-electron chi connectivity index (χ1n) is 6.48. The number of nitrogens with two attached hydrogens (primary N) is 2. The first-order chi connectivity index (χ1) is 11.3. The van der Waals surface area contributed by atoms with Crippen molar-refractivity contribution in [3.63, 3.8) is 0 Å². The highest BCUT2D eigenvalue weighted by molar-refractivity contribution is 5.77. The number of rotatable bonds is 5. The van der Waals surface area contributed by atoms with Crippen LogP contribution in [0.2, 0.25) is 0 Å². The molecule has 2 aromatic heterocycles. The molecular weight excluding hydrogens is 324 g/mol. The molecule has 12 heteroatoms. The molecule has 2 heterocycles. The van der Waals surface area contributed by atoms with Crippen molar-refractivity contribution in [3.05, 3.63) is 45.5 Å². The summed E-state index contributed by atoms with van der Waals surface area (Å²) in [5.74, 6) is -1.83. The zero-order valence-corrected chi connectivity index (χ0v) is 12.1. The summed E-state index contributed by atoms with van der Waals surface area (Å²) in [4.78, 5) is 62.0. The third-order valence-corrected chi connectivity index (χ3v) is 2.52. The van der Waals surface area contributed by atoms with Crippen LogP contribution in [0, 0.1) is 0 Å². The van der Waals surface area contributed by atoms with E-state index >= 15 is 0 Å². The van der Waals surface area contributed by atoms with Crippen molar-refractivity contribution in [3.8, 4) is 0 Å². The summed E-state index contributed by atoms with van der Waals surface area (Å²) in [5, 5.41) is 0. The van der Waals surface area contributed by atoms with Crippen LogP contribution in [0.15, 0.2) is 34.1 Å². The Bertz CT molecular complexity index is 815. The predicted octanol–water partition coefficient (Wildman–Crippen LogP) is -2.64. The molecule has 2 aromatic rings. The molecule has 0 unspecified atom stereocenters. The van der Waals surface area contributed by atoms with Crippen LogP contribution in [0.3, 0.4) is 0 Å². The largest absolute Gasteiger partial charge is 0.383 e. The van der Waals surface area contributed by atoms with Crippen LogP contribution in [-0.4, -0.2) is 31.4 Å². The van der Waals surface area contributed by atoms with Gasteiger partial charge in [0.15, 0.2) is 0 Å². The van der Waals surface area contributed by atoms with E-state index in [0.717, 1.165) is 12.4 Å². The van der Waals surface area contributed by atoms with Crippen LogP contribution in [0.25, 0.3) is 0 Å². The van der Waals surface area contributed by atoms with Crippen LogP contribution in [0.5, 0.6) is 0 Å². The lowest BCUT2D eigenvalue weighted by atomic mass is 10.3. The van der Waals surface area contributed by atoms with Gasteiger partial charge in [-0.15, -0.1) is 9.46 Å². The molecule has 0 aliphatic carbocycles. The molecule has 0 saturated carbocycles. The maximum atomic E-state index is 11.6. The Morgan fingerprint density at radius 1 is 0.875 bits per heavy atom. The van der Waals surface area contributed by atoms with Gasteiger partial charge in [0.1, 0.15) is 11.6 Å². The molecule has 0 saturated heterocycles. The van der Waals surface area contributed by atoms with E-state index in [1.54, 1.807) is 0 Å². The smallest absolute Gasteiger partial charge is 0.382 e. The normalized spacial score (nSPS) is 10.2. The molecule has 0 aromatic carbocycles. The number of carbonyl (C=O) groups is 2. The molecule has 0 spiro atoms. The number of nitrogen functional groups attached to an aromatic ring is 2. The molecule has 0 bridgehead atoms. The summed E-state index contributed by atoms with van der Waals surface area (Å²) in [6, 6.07) is 2.51. The van der Waals surface area contributed by atoms with Gasteiger partial charge in [0.05, 0.1) is 25.2 Å². The van der Waals surface area contributed by atoms with Crippen LogP contribution >= 0.6 is 0 Å². The van der Waals surface area contributed by atoms with Crippen LogP contribution in [-0.2, 0) is 9.59 Å². The van der Waals surface area contributed by atoms with Gasteiger partial charge >= 0.3 is 23.3 Å². The Morgan fingerprint density at radius 2 is 1.25 bits per heavy atom. The zero-order chi connectivity index (χ0) is 17.7. The maximum Gasteiger partial charge on any atom is 0.382 e. The van der Waals surface area contributed by atoms with Crippen molar-refractivity contribution >= 4 is 23.6 Å². The second-order valence-electron chi connectivity index (χ2n) is 4.35. The lowest BCUT2D eigenvalue weighted by molar-refractivity contribution is -0.151. The number of carbonyl (C=O) groups excluding carboxylic acids is 2. The Balaban J connectivity index is 1.88. The van der Waals surface area contributed by atoms with Crippen molar-refractivity contribution in [2.75, 3.05) is 11.5 Å². The SMILES string of the molecule is Nc1ccn(OC(=O)CCC(=O)On2ccc(N)nc2=O)c(=O)n1. The monoisotopic (exact) mass is 336 g/mol. The van der Waals surface area contributed by atoms with E-state index in [4.69, 9.17) is 11.5 Å². The third kappa shape index (κ3) is 4.40. The van der Waals surface area contributed by atoms with Crippen LogP contribution in [0.4, 0.5) is 11.6 Å². The molecule has 2 rings (SSSR count). The summed E-state index contributed by atoms with van der Waals surface area (Å²) in [7, 11) is 0. The second kappa shape index (κ2) is 7.04. The van der Waals surface area contributed by atoms with E-state index in [9.17, 15) is 19.2 Å². The van der Waals surface area contributed by atoms with Gasteiger partial charge in [-0.05, 0) is 0 Å². The molecule has 24 heavy (non-hydrogen) atoms. The Morgan fingerprint density at radius 3 is 1.58 bits per heavy atom. The number of nitrogens with zero attached hydrogens (tertiary/aromatic N) is 4. The molecular formula is C12H12N6O6. The van der Waals surface area contributed by atoms with E-state index in [0.29, 0.717) is 9.46 Å². The van der Waals surface area contributed by atoms with Crippen molar-refractivity contribution in [1.29, 1.82) is 0 Å². The van der Waals surface area contributed by atoms with E-state index in [1.165, 1.54) is 12.1 Å². The first-order valence-corrected chi connectivity index (χ1v) is 6.48.